The SMILES string of the molecule is NCCCCCCNC(=O)OC1C(O)C(COP(=O)(O)OP(=O)(O)OP(=O)(O)O)OC1n1cnc2c(=O)[nH]c(N)nc21. The Labute approximate surface area is 235 Å². The van der Waals surface area contributed by atoms with Crippen LogP contribution in [0.15, 0.2) is 11.1 Å². The highest BCUT2D eigenvalue weighted by Gasteiger charge is 2.49. The van der Waals surface area contributed by atoms with E-state index in [1.54, 1.807) is 0 Å². The van der Waals surface area contributed by atoms with Gasteiger partial charge in [0.05, 0.1) is 12.9 Å². The number of alkyl carbamates (subject to hydrolysis) is 1. The Bertz CT molecular complexity index is 1450. The van der Waals surface area contributed by atoms with E-state index in [1.165, 1.54) is 0 Å². The number of carbonyl (C=O) groups is 1. The average Bonchev–Trinajstić information content (AvgIpc) is 3.39. The lowest BCUT2D eigenvalue weighted by atomic mass is 10.1. The fourth-order valence-electron chi connectivity index (χ4n) is 3.79. The Morgan fingerprint density at radius 1 is 1.12 bits per heavy atom. The van der Waals surface area contributed by atoms with Crippen molar-refractivity contribution >= 4 is 46.7 Å². The number of H-pyrrole nitrogens is 1. The number of fused-ring (bicyclic) bond motifs is 1. The topological polar surface area (TPSA) is 343 Å². The molecule has 6 unspecified atom stereocenters. The van der Waals surface area contributed by atoms with Gasteiger partial charge in [0.2, 0.25) is 5.95 Å². The van der Waals surface area contributed by atoms with Crippen molar-refractivity contribution in [2.75, 3.05) is 25.4 Å². The zero-order valence-electron chi connectivity index (χ0n) is 21.5. The molecule has 1 saturated heterocycles. The zero-order valence-corrected chi connectivity index (χ0v) is 24.2. The Morgan fingerprint density at radius 2 is 1.81 bits per heavy atom. The van der Waals surface area contributed by atoms with Crippen LogP contribution < -0.4 is 22.3 Å². The number of carbonyl (C=O) groups excluding carboxylic acids is 1. The maximum Gasteiger partial charge on any atom is 0.490 e. The van der Waals surface area contributed by atoms with Gasteiger partial charge in [0.1, 0.15) is 12.2 Å². The van der Waals surface area contributed by atoms with E-state index in [1.807, 2.05) is 0 Å². The molecular formula is C17H30N7O15P3. The maximum atomic E-state index is 12.5. The lowest BCUT2D eigenvalue weighted by molar-refractivity contribution is -0.0522. The highest BCUT2D eigenvalue weighted by Crippen LogP contribution is 2.66. The third-order valence-electron chi connectivity index (χ3n) is 5.50. The van der Waals surface area contributed by atoms with Crippen molar-refractivity contribution in [3.8, 4) is 0 Å². The Kier molecular flexibility index (Phi) is 11.4. The fourth-order valence-corrected chi connectivity index (χ4v) is 6.82. The van der Waals surface area contributed by atoms with Crippen LogP contribution in [-0.2, 0) is 36.3 Å². The molecule has 2 aromatic rings. The highest BCUT2D eigenvalue weighted by molar-refractivity contribution is 7.66. The summed E-state index contributed by atoms with van der Waals surface area (Å²) in [7, 11) is -17.0. The lowest BCUT2D eigenvalue weighted by Crippen LogP contribution is -2.40. The molecule has 1 amide bonds. The quantitative estimate of drug-likeness (QED) is 0.0806. The molecule has 6 atom stereocenters. The number of nitrogens with one attached hydrogen (secondary N) is 2. The molecule has 1 fully saturated rings. The summed E-state index contributed by atoms with van der Waals surface area (Å²) in [6.45, 7) is -0.309. The van der Waals surface area contributed by atoms with E-state index in [9.17, 15) is 38.2 Å². The van der Waals surface area contributed by atoms with Crippen molar-refractivity contribution in [3.05, 3.63) is 16.7 Å². The first-order chi connectivity index (χ1) is 19.5. The minimum Gasteiger partial charge on any atom is -0.439 e. The second-order valence-electron chi connectivity index (χ2n) is 8.72. The van der Waals surface area contributed by atoms with Gasteiger partial charge in [0.15, 0.2) is 23.5 Å². The van der Waals surface area contributed by atoms with E-state index < -0.39 is 66.3 Å². The third kappa shape index (κ3) is 9.61. The van der Waals surface area contributed by atoms with Crippen LogP contribution >= 0.6 is 23.5 Å². The summed E-state index contributed by atoms with van der Waals surface area (Å²) >= 11 is 0. The number of aromatic nitrogens is 4. The first kappa shape index (κ1) is 34.2. The number of aromatic amines is 1. The molecule has 25 heteroatoms. The molecule has 0 bridgehead atoms. The molecule has 238 valence electrons. The molecule has 1 aliphatic heterocycles. The van der Waals surface area contributed by atoms with Crippen molar-refractivity contribution in [1.29, 1.82) is 0 Å². The molecule has 0 aliphatic carbocycles. The predicted octanol–water partition coefficient (Wildman–Crippen LogP) is -1.08. The van der Waals surface area contributed by atoms with Crippen molar-refractivity contribution in [2.45, 2.75) is 50.2 Å². The van der Waals surface area contributed by atoms with Gasteiger partial charge in [0.25, 0.3) is 5.56 Å². The number of anilines is 1. The number of unbranched alkanes of at least 4 members (excludes halogenated alkanes) is 3. The van der Waals surface area contributed by atoms with Crippen LogP contribution in [0.5, 0.6) is 0 Å². The number of imidazole rings is 1. The number of phosphoric ester groups is 1. The van der Waals surface area contributed by atoms with Crippen LogP contribution in [0.25, 0.3) is 11.2 Å². The minimum absolute atomic E-state index is 0.143. The Hall–Kier alpha value is -2.29. The summed E-state index contributed by atoms with van der Waals surface area (Å²) in [4.78, 5) is 71.2. The second-order valence-corrected chi connectivity index (χ2v) is 13.1. The minimum atomic E-state index is -5.81. The molecule has 3 rings (SSSR count). The van der Waals surface area contributed by atoms with Crippen LogP contribution in [0.3, 0.4) is 0 Å². The number of nitrogens with zero attached hydrogens (tertiary/aromatic N) is 3. The lowest BCUT2D eigenvalue weighted by Gasteiger charge is -2.22. The number of amides is 1. The number of hydrogen-bond donors (Lipinski definition) is 9. The zero-order chi connectivity index (χ0) is 31.3. The van der Waals surface area contributed by atoms with Crippen LogP contribution in [0.2, 0.25) is 0 Å². The molecule has 0 aromatic carbocycles. The van der Waals surface area contributed by atoms with Crippen molar-refractivity contribution < 1.29 is 65.8 Å². The molecule has 3 heterocycles. The normalized spacial score (nSPS) is 23.9. The molecule has 22 nitrogen and oxygen atoms in total. The number of aliphatic hydroxyl groups is 1. The van der Waals surface area contributed by atoms with Crippen molar-refractivity contribution in [3.63, 3.8) is 0 Å². The van der Waals surface area contributed by atoms with Crippen LogP contribution in [0.1, 0.15) is 31.9 Å². The monoisotopic (exact) mass is 665 g/mol. The molecule has 0 spiro atoms. The number of rotatable bonds is 15. The first-order valence-corrected chi connectivity index (χ1v) is 16.5. The van der Waals surface area contributed by atoms with Crippen LogP contribution in [-0.4, -0.2) is 88.3 Å². The van der Waals surface area contributed by atoms with E-state index >= 15 is 0 Å². The molecule has 2 aromatic heterocycles. The summed E-state index contributed by atoms with van der Waals surface area (Å²) in [6, 6.07) is 0. The Morgan fingerprint density at radius 3 is 2.48 bits per heavy atom. The van der Waals surface area contributed by atoms with Gasteiger partial charge in [-0.15, -0.1) is 0 Å². The summed E-state index contributed by atoms with van der Waals surface area (Å²) in [6.07, 6.45) is -3.30. The van der Waals surface area contributed by atoms with Gasteiger partial charge in [0, 0.05) is 6.54 Å². The summed E-state index contributed by atoms with van der Waals surface area (Å²) in [5, 5.41) is 13.4. The maximum absolute atomic E-state index is 12.5. The van der Waals surface area contributed by atoms with Gasteiger partial charge in [-0.3, -0.25) is 18.9 Å². The molecule has 0 saturated carbocycles. The third-order valence-corrected chi connectivity index (χ3v) is 9.30. The van der Waals surface area contributed by atoms with Crippen molar-refractivity contribution in [1.82, 2.24) is 24.8 Å². The van der Waals surface area contributed by atoms with E-state index in [2.05, 4.69) is 33.4 Å². The van der Waals surface area contributed by atoms with Crippen LogP contribution in [0, 0.1) is 0 Å². The number of phosphoric acid groups is 3. The summed E-state index contributed by atoms with van der Waals surface area (Å²) < 4.78 is 58.5. The smallest absolute Gasteiger partial charge is 0.439 e. The predicted molar refractivity (Wildman–Crippen MR) is 138 cm³/mol. The van der Waals surface area contributed by atoms with Gasteiger partial charge < -0.3 is 50.9 Å². The van der Waals surface area contributed by atoms with Gasteiger partial charge in [-0.25, -0.2) is 23.5 Å². The highest BCUT2D eigenvalue weighted by atomic mass is 31.3. The average molecular weight is 665 g/mol. The number of nitrogens with two attached hydrogens (primary N) is 2. The van der Waals surface area contributed by atoms with Gasteiger partial charge in [-0.2, -0.15) is 13.6 Å². The summed E-state index contributed by atoms with van der Waals surface area (Å²) in [5.41, 5.74) is 9.99. The number of ether oxygens (including phenoxy) is 2. The Balaban J connectivity index is 1.77. The number of aliphatic hydroxyl groups excluding tert-OH is 1. The van der Waals surface area contributed by atoms with Crippen LogP contribution in [0.4, 0.5) is 10.7 Å². The summed E-state index contributed by atoms with van der Waals surface area (Å²) in [5.74, 6) is -0.304. The first-order valence-electron chi connectivity index (χ1n) is 12.0. The molecule has 1 aliphatic rings. The largest absolute Gasteiger partial charge is 0.490 e. The van der Waals surface area contributed by atoms with E-state index in [0.717, 1.165) is 30.2 Å². The molecule has 11 N–H and O–H groups in total. The number of hydrogen-bond acceptors (Lipinski definition) is 15. The fraction of sp³-hybridized carbons (Fsp3) is 0.647. The standard InChI is InChI=1S/C17H30N7O15P3/c18-5-3-1-2-4-6-20-17(27)37-12-11(25)9(7-35-41(31,32)39-42(33,34)38-40(28,29)30)36-15(12)24-8-21-10-13(24)22-16(19)23-14(10)26/h8-9,11-12,15,25H,1-7,18H2,(H,20,27)(H,31,32)(H,33,34)(H2,28,29,30)(H3,19,22,23,26). The van der Waals surface area contributed by atoms with Gasteiger partial charge in [-0.1, -0.05) is 12.8 Å². The molecular weight excluding hydrogens is 635 g/mol. The van der Waals surface area contributed by atoms with E-state index in [0.29, 0.717) is 13.0 Å². The van der Waals surface area contributed by atoms with E-state index in [-0.39, 0.29) is 23.7 Å². The van der Waals surface area contributed by atoms with Gasteiger partial charge in [-0.05, 0) is 19.4 Å². The molecule has 42 heavy (non-hydrogen) atoms. The van der Waals surface area contributed by atoms with E-state index in [4.69, 9.17) is 30.7 Å². The van der Waals surface area contributed by atoms with Crippen molar-refractivity contribution in [2.24, 2.45) is 5.73 Å². The second kappa shape index (κ2) is 14.0. The molecule has 0 radical (unpaired) electrons. The van der Waals surface area contributed by atoms with Gasteiger partial charge >= 0.3 is 29.6 Å². The number of nitrogen functional groups attached to an aromatic ring is 1.